The van der Waals surface area contributed by atoms with Gasteiger partial charge < -0.3 is 14.2 Å². The minimum absolute atomic E-state index is 0.196. The highest BCUT2D eigenvalue weighted by Gasteiger charge is 2.39. The molecule has 6 nitrogen and oxygen atoms in total. The molecule has 2 atom stereocenters. The molecule has 1 saturated heterocycles. The van der Waals surface area contributed by atoms with Crippen molar-refractivity contribution in [2.24, 2.45) is 0 Å². The first kappa shape index (κ1) is 17.9. The smallest absolute Gasteiger partial charge is 0.412 e. The zero-order valence-corrected chi connectivity index (χ0v) is 15.5. The summed E-state index contributed by atoms with van der Waals surface area (Å²) in [5.41, 5.74) is 2.35. The summed E-state index contributed by atoms with van der Waals surface area (Å²) >= 11 is 0. The highest BCUT2D eigenvalue weighted by molar-refractivity contribution is 5.72. The molecule has 0 radical (unpaired) electrons. The lowest BCUT2D eigenvalue weighted by Gasteiger charge is -2.36. The standard InChI is InChI=1S/C22H20N2O4/c1-26-17-9-7-15(8-10-17)18-13-20(24-11-12-27-22(24)25)28-21(19(18)14-23)16-5-3-2-4-6-16/h2-10,18,20H,11-13H2,1H3/t18-,20+/m0/s1. The van der Waals surface area contributed by atoms with E-state index >= 15 is 0 Å². The third-order valence-electron chi connectivity index (χ3n) is 5.10. The van der Waals surface area contributed by atoms with Gasteiger partial charge in [-0.3, -0.25) is 4.90 Å². The van der Waals surface area contributed by atoms with E-state index in [9.17, 15) is 10.1 Å². The van der Waals surface area contributed by atoms with Gasteiger partial charge in [-0.1, -0.05) is 42.5 Å². The van der Waals surface area contributed by atoms with E-state index in [-0.39, 0.29) is 12.0 Å². The summed E-state index contributed by atoms with van der Waals surface area (Å²) < 4.78 is 16.5. The summed E-state index contributed by atoms with van der Waals surface area (Å²) in [7, 11) is 1.62. The number of allylic oxidation sites excluding steroid dienone is 1. The fraction of sp³-hybridized carbons (Fsp3) is 0.273. The average Bonchev–Trinajstić information content (AvgIpc) is 3.19. The molecule has 0 spiro atoms. The normalized spacial score (nSPS) is 21.7. The van der Waals surface area contributed by atoms with E-state index in [4.69, 9.17) is 14.2 Å². The molecule has 2 heterocycles. The molecular weight excluding hydrogens is 356 g/mol. The molecule has 6 heteroatoms. The summed E-state index contributed by atoms with van der Waals surface area (Å²) in [5, 5.41) is 9.94. The monoisotopic (exact) mass is 376 g/mol. The predicted molar refractivity (Wildman–Crippen MR) is 102 cm³/mol. The van der Waals surface area contributed by atoms with Crippen LogP contribution in [0.15, 0.2) is 60.2 Å². The number of hydrogen-bond acceptors (Lipinski definition) is 5. The van der Waals surface area contributed by atoms with E-state index in [1.165, 1.54) is 0 Å². The van der Waals surface area contributed by atoms with Crippen molar-refractivity contribution in [2.75, 3.05) is 20.3 Å². The predicted octanol–water partition coefficient (Wildman–Crippen LogP) is 3.91. The first-order valence-corrected chi connectivity index (χ1v) is 9.15. The zero-order chi connectivity index (χ0) is 19.5. The minimum atomic E-state index is -0.491. The van der Waals surface area contributed by atoms with Crippen LogP contribution in [0.25, 0.3) is 5.76 Å². The van der Waals surface area contributed by atoms with Crippen LogP contribution < -0.4 is 4.74 Å². The van der Waals surface area contributed by atoms with Gasteiger partial charge in [-0.25, -0.2) is 4.79 Å². The molecule has 0 aliphatic carbocycles. The van der Waals surface area contributed by atoms with E-state index < -0.39 is 6.23 Å². The Hall–Kier alpha value is -3.46. The van der Waals surface area contributed by atoms with Crippen molar-refractivity contribution in [1.29, 1.82) is 5.26 Å². The molecule has 2 aromatic rings. The molecule has 2 aliphatic heterocycles. The van der Waals surface area contributed by atoms with Gasteiger partial charge in [0.15, 0.2) is 6.23 Å². The Bertz CT molecular complexity index is 931. The van der Waals surface area contributed by atoms with Gasteiger partial charge in [0.2, 0.25) is 0 Å². The Labute approximate surface area is 163 Å². The van der Waals surface area contributed by atoms with Gasteiger partial charge in [0, 0.05) is 17.9 Å². The van der Waals surface area contributed by atoms with E-state index in [2.05, 4.69) is 6.07 Å². The topological polar surface area (TPSA) is 71.8 Å². The molecule has 1 fully saturated rings. The van der Waals surface area contributed by atoms with E-state index in [0.29, 0.717) is 30.9 Å². The van der Waals surface area contributed by atoms with Crippen molar-refractivity contribution in [3.05, 3.63) is 71.3 Å². The highest BCUT2D eigenvalue weighted by Crippen LogP contribution is 2.42. The molecule has 0 unspecified atom stereocenters. The summed E-state index contributed by atoms with van der Waals surface area (Å²) in [6, 6.07) is 19.5. The van der Waals surface area contributed by atoms with Crippen LogP contribution in [0.4, 0.5) is 4.79 Å². The quantitative estimate of drug-likeness (QED) is 0.809. The fourth-order valence-electron chi connectivity index (χ4n) is 3.66. The number of amides is 1. The molecule has 1 amide bonds. The van der Waals surface area contributed by atoms with Crippen LogP contribution >= 0.6 is 0 Å². The maximum absolute atomic E-state index is 12.1. The maximum Gasteiger partial charge on any atom is 0.412 e. The third-order valence-corrected chi connectivity index (χ3v) is 5.10. The number of nitrogens with zero attached hydrogens (tertiary/aromatic N) is 2. The lowest BCUT2D eigenvalue weighted by Crippen LogP contribution is -2.41. The van der Waals surface area contributed by atoms with Crippen LogP contribution in [0.3, 0.4) is 0 Å². The van der Waals surface area contributed by atoms with Gasteiger partial charge >= 0.3 is 6.09 Å². The van der Waals surface area contributed by atoms with Crippen molar-refractivity contribution in [3.63, 3.8) is 0 Å². The molecule has 0 bridgehead atoms. The molecule has 0 saturated carbocycles. The van der Waals surface area contributed by atoms with Crippen molar-refractivity contribution >= 4 is 11.9 Å². The molecule has 2 aromatic carbocycles. The van der Waals surface area contributed by atoms with E-state index in [1.807, 2.05) is 54.6 Å². The molecule has 28 heavy (non-hydrogen) atoms. The Balaban J connectivity index is 1.78. The summed E-state index contributed by atoms with van der Waals surface area (Å²) in [4.78, 5) is 13.7. The van der Waals surface area contributed by atoms with Gasteiger partial charge in [-0.15, -0.1) is 0 Å². The number of benzene rings is 2. The molecular formula is C22H20N2O4. The first-order chi connectivity index (χ1) is 13.7. The zero-order valence-electron chi connectivity index (χ0n) is 15.5. The van der Waals surface area contributed by atoms with Crippen molar-refractivity contribution in [1.82, 2.24) is 4.90 Å². The van der Waals surface area contributed by atoms with Gasteiger partial charge in [0.1, 0.15) is 18.1 Å². The fourth-order valence-corrected chi connectivity index (χ4v) is 3.66. The second-order valence-electron chi connectivity index (χ2n) is 6.66. The van der Waals surface area contributed by atoms with E-state index in [0.717, 1.165) is 16.9 Å². The molecule has 4 rings (SSSR count). The Morgan fingerprint density at radius 2 is 1.89 bits per heavy atom. The number of ether oxygens (including phenoxy) is 3. The van der Waals surface area contributed by atoms with Crippen molar-refractivity contribution in [2.45, 2.75) is 18.6 Å². The lowest BCUT2D eigenvalue weighted by molar-refractivity contribution is 0.0187. The van der Waals surface area contributed by atoms with Crippen molar-refractivity contribution in [3.8, 4) is 11.8 Å². The first-order valence-electron chi connectivity index (χ1n) is 9.15. The van der Waals surface area contributed by atoms with Crippen LogP contribution in [0.1, 0.15) is 23.5 Å². The maximum atomic E-state index is 12.1. The van der Waals surface area contributed by atoms with Crippen LogP contribution in [0.2, 0.25) is 0 Å². The number of hydrogen-bond donors (Lipinski definition) is 0. The van der Waals surface area contributed by atoms with Gasteiger partial charge in [-0.05, 0) is 17.7 Å². The summed E-state index contributed by atoms with van der Waals surface area (Å²) in [6.45, 7) is 0.824. The van der Waals surface area contributed by atoms with Crippen LogP contribution in [0.5, 0.6) is 5.75 Å². The third kappa shape index (κ3) is 3.27. The van der Waals surface area contributed by atoms with Gasteiger partial charge in [-0.2, -0.15) is 5.26 Å². The average molecular weight is 376 g/mol. The number of carbonyl (C=O) groups excluding carboxylic acids is 1. The molecule has 2 aliphatic rings. The number of nitriles is 1. The second-order valence-corrected chi connectivity index (χ2v) is 6.66. The number of rotatable bonds is 4. The highest BCUT2D eigenvalue weighted by atomic mass is 16.6. The summed E-state index contributed by atoms with van der Waals surface area (Å²) in [6.07, 6.45) is -0.388. The van der Waals surface area contributed by atoms with Crippen LogP contribution in [0, 0.1) is 11.3 Å². The molecule has 0 aromatic heterocycles. The minimum Gasteiger partial charge on any atom is -0.497 e. The second kappa shape index (κ2) is 7.65. The van der Waals surface area contributed by atoms with Crippen LogP contribution in [-0.4, -0.2) is 37.5 Å². The Morgan fingerprint density at radius 3 is 2.50 bits per heavy atom. The van der Waals surface area contributed by atoms with E-state index in [1.54, 1.807) is 12.0 Å². The Morgan fingerprint density at radius 1 is 1.14 bits per heavy atom. The van der Waals surface area contributed by atoms with Gasteiger partial charge in [0.25, 0.3) is 0 Å². The largest absolute Gasteiger partial charge is 0.497 e. The molecule has 142 valence electrons. The number of carbonyl (C=O) groups is 1. The summed E-state index contributed by atoms with van der Waals surface area (Å²) in [5.74, 6) is 1.07. The number of methoxy groups -OCH3 is 1. The van der Waals surface area contributed by atoms with Gasteiger partial charge in [0.05, 0.1) is 25.3 Å². The number of cyclic esters (lactones) is 1. The molecule has 0 N–H and O–H groups in total. The SMILES string of the molecule is COc1ccc([C@@H]2C[C@H](N3CCOC3=O)OC(c3ccccc3)=C2C#N)cc1. The lowest BCUT2D eigenvalue weighted by atomic mass is 9.84. The Kier molecular flexibility index (Phi) is 4.90. The van der Waals surface area contributed by atoms with Crippen molar-refractivity contribution < 1.29 is 19.0 Å². The van der Waals surface area contributed by atoms with Crippen LogP contribution in [-0.2, 0) is 9.47 Å².